The van der Waals surface area contributed by atoms with Gasteiger partial charge in [0.2, 0.25) is 0 Å². The van der Waals surface area contributed by atoms with Crippen LogP contribution in [0, 0.1) is 11.3 Å². The molecule has 14 heavy (non-hydrogen) atoms. The average molecular weight is 196 g/mol. The molecule has 1 unspecified atom stereocenters. The van der Waals surface area contributed by atoms with Crippen molar-refractivity contribution in [3.8, 4) is 6.07 Å². The number of nitrogens with one attached hydrogen (secondary N) is 1. The monoisotopic (exact) mass is 196 g/mol. The summed E-state index contributed by atoms with van der Waals surface area (Å²) >= 11 is 0. The van der Waals surface area contributed by atoms with Crippen molar-refractivity contribution in [3.63, 3.8) is 0 Å². The molecule has 0 aromatic heterocycles. The molecule has 0 amide bonds. The maximum Gasteiger partial charge on any atom is 0.119 e. The summed E-state index contributed by atoms with van der Waals surface area (Å²) < 4.78 is 5.70. The van der Waals surface area contributed by atoms with Crippen molar-refractivity contribution in [2.75, 3.05) is 13.2 Å². The summed E-state index contributed by atoms with van der Waals surface area (Å²) in [5.74, 6) is 0. The van der Waals surface area contributed by atoms with Crippen molar-refractivity contribution in [1.82, 2.24) is 5.32 Å². The van der Waals surface area contributed by atoms with E-state index in [9.17, 15) is 0 Å². The third kappa shape index (κ3) is 4.08. The minimum atomic E-state index is -0.137. The molecule has 1 aliphatic rings. The Hall–Kier alpha value is -0.590. The van der Waals surface area contributed by atoms with E-state index in [-0.39, 0.29) is 6.04 Å². The van der Waals surface area contributed by atoms with Gasteiger partial charge >= 0.3 is 0 Å². The topological polar surface area (TPSA) is 45.0 Å². The lowest BCUT2D eigenvalue weighted by Crippen LogP contribution is -2.34. The van der Waals surface area contributed by atoms with Gasteiger partial charge in [0, 0.05) is 0 Å². The van der Waals surface area contributed by atoms with Gasteiger partial charge in [0.25, 0.3) is 0 Å². The van der Waals surface area contributed by atoms with E-state index in [4.69, 9.17) is 10.00 Å². The van der Waals surface area contributed by atoms with Crippen LogP contribution in [0.4, 0.5) is 0 Å². The Morgan fingerprint density at radius 3 is 2.71 bits per heavy atom. The lowest BCUT2D eigenvalue weighted by Gasteiger charge is -2.23. The molecule has 0 aromatic carbocycles. The minimum Gasteiger partial charge on any atom is -0.375 e. The summed E-state index contributed by atoms with van der Waals surface area (Å²) in [6.45, 7) is 3.37. The molecule has 1 aliphatic carbocycles. The normalized spacial score (nSPS) is 20.3. The summed E-state index contributed by atoms with van der Waals surface area (Å²) in [6.07, 6.45) is 6.65. The second kappa shape index (κ2) is 6.80. The molecule has 1 saturated carbocycles. The van der Waals surface area contributed by atoms with Crippen LogP contribution in [0.3, 0.4) is 0 Å². The predicted molar refractivity (Wildman–Crippen MR) is 55.9 cm³/mol. The zero-order valence-corrected chi connectivity index (χ0v) is 8.96. The van der Waals surface area contributed by atoms with Crippen LogP contribution < -0.4 is 5.32 Å². The molecule has 0 saturated heterocycles. The maximum atomic E-state index is 8.79. The number of rotatable bonds is 5. The lowest BCUT2D eigenvalue weighted by atomic mass is 9.98. The number of hydrogen-bond donors (Lipinski definition) is 1. The van der Waals surface area contributed by atoms with E-state index in [2.05, 4.69) is 11.4 Å². The molecule has 1 atom stereocenters. The molecule has 1 N–H and O–H groups in total. The third-order valence-electron chi connectivity index (χ3n) is 2.66. The highest BCUT2D eigenvalue weighted by atomic mass is 16.5. The number of likely N-dealkylation sites (N-methyl/N-ethyl adjacent to an activating group) is 1. The highest BCUT2D eigenvalue weighted by Gasteiger charge is 2.15. The molecule has 0 radical (unpaired) electrons. The zero-order valence-electron chi connectivity index (χ0n) is 8.96. The van der Waals surface area contributed by atoms with Crippen LogP contribution in [0.2, 0.25) is 0 Å². The van der Waals surface area contributed by atoms with Gasteiger partial charge in [-0.3, -0.25) is 0 Å². The summed E-state index contributed by atoms with van der Waals surface area (Å²) in [4.78, 5) is 0. The first-order valence-corrected chi connectivity index (χ1v) is 5.61. The van der Waals surface area contributed by atoms with E-state index < -0.39 is 0 Å². The fourth-order valence-corrected chi connectivity index (χ4v) is 1.85. The van der Waals surface area contributed by atoms with Gasteiger partial charge in [-0.15, -0.1) is 0 Å². The van der Waals surface area contributed by atoms with Crippen LogP contribution in [0.1, 0.15) is 39.0 Å². The average Bonchev–Trinajstić information content (AvgIpc) is 2.25. The standard InChI is InChI=1S/C11H20N2O/c1-2-13-10(8-12)9-14-11-6-4-3-5-7-11/h10-11,13H,2-7,9H2,1H3. The molecule has 1 rings (SSSR count). The first kappa shape index (κ1) is 11.5. The van der Waals surface area contributed by atoms with Crippen molar-refractivity contribution in [2.24, 2.45) is 0 Å². The molecule has 80 valence electrons. The van der Waals surface area contributed by atoms with Crippen molar-refractivity contribution in [3.05, 3.63) is 0 Å². The third-order valence-corrected chi connectivity index (χ3v) is 2.66. The fourth-order valence-electron chi connectivity index (χ4n) is 1.85. The van der Waals surface area contributed by atoms with Crippen LogP contribution >= 0.6 is 0 Å². The number of hydrogen-bond acceptors (Lipinski definition) is 3. The van der Waals surface area contributed by atoms with E-state index in [1.807, 2.05) is 6.92 Å². The van der Waals surface area contributed by atoms with Gasteiger partial charge in [0.1, 0.15) is 6.04 Å². The summed E-state index contributed by atoms with van der Waals surface area (Å²) in [7, 11) is 0. The second-order valence-corrected chi connectivity index (χ2v) is 3.83. The summed E-state index contributed by atoms with van der Waals surface area (Å²) in [6, 6.07) is 2.07. The van der Waals surface area contributed by atoms with Gasteiger partial charge in [-0.25, -0.2) is 0 Å². The molecule has 0 heterocycles. The van der Waals surface area contributed by atoms with E-state index in [1.54, 1.807) is 0 Å². The minimum absolute atomic E-state index is 0.137. The highest BCUT2D eigenvalue weighted by molar-refractivity contribution is 4.89. The Morgan fingerprint density at radius 1 is 1.43 bits per heavy atom. The largest absolute Gasteiger partial charge is 0.375 e. The number of nitrogens with zero attached hydrogens (tertiary/aromatic N) is 1. The van der Waals surface area contributed by atoms with Crippen LogP contribution in [0.5, 0.6) is 0 Å². The smallest absolute Gasteiger partial charge is 0.119 e. The molecule has 0 aromatic rings. The van der Waals surface area contributed by atoms with Crippen molar-refractivity contribution >= 4 is 0 Å². The van der Waals surface area contributed by atoms with Crippen LogP contribution in [-0.2, 0) is 4.74 Å². The maximum absolute atomic E-state index is 8.79. The molecule has 0 bridgehead atoms. The number of ether oxygens (including phenoxy) is 1. The van der Waals surface area contributed by atoms with E-state index in [0.717, 1.165) is 6.54 Å². The zero-order chi connectivity index (χ0) is 10.2. The van der Waals surface area contributed by atoms with Gasteiger partial charge in [-0.2, -0.15) is 5.26 Å². The Kier molecular flexibility index (Phi) is 5.58. The molecular formula is C11H20N2O. The van der Waals surface area contributed by atoms with Crippen LogP contribution in [0.25, 0.3) is 0 Å². The number of nitriles is 1. The van der Waals surface area contributed by atoms with Gasteiger partial charge in [0.05, 0.1) is 18.8 Å². The molecule has 0 spiro atoms. The second-order valence-electron chi connectivity index (χ2n) is 3.83. The van der Waals surface area contributed by atoms with E-state index in [1.165, 1.54) is 32.1 Å². The molecule has 1 fully saturated rings. The van der Waals surface area contributed by atoms with Gasteiger partial charge in [-0.1, -0.05) is 26.2 Å². The molecule has 3 heteroatoms. The molecule has 3 nitrogen and oxygen atoms in total. The van der Waals surface area contributed by atoms with Gasteiger partial charge in [0.15, 0.2) is 0 Å². The Bertz CT molecular complexity index is 182. The fraction of sp³-hybridized carbons (Fsp3) is 0.909. The highest BCUT2D eigenvalue weighted by Crippen LogP contribution is 2.20. The Morgan fingerprint density at radius 2 is 2.14 bits per heavy atom. The van der Waals surface area contributed by atoms with Crippen molar-refractivity contribution < 1.29 is 4.74 Å². The summed E-state index contributed by atoms with van der Waals surface area (Å²) in [5.41, 5.74) is 0. The first-order valence-electron chi connectivity index (χ1n) is 5.61. The Balaban J connectivity index is 2.14. The van der Waals surface area contributed by atoms with Crippen molar-refractivity contribution in [1.29, 1.82) is 5.26 Å². The predicted octanol–water partition coefficient (Wildman–Crippen LogP) is 1.84. The SMILES string of the molecule is CCNC(C#N)COC1CCCCC1. The van der Waals surface area contributed by atoms with E-state index >= 15 is 0 Å². The first-order chi connectivity index (χ1) is 6.86. The molecular weight excluding hydrogens is 176 g/mol. The van der Waals surface area contributed by atoms with Crippen LogP contribution in [0.15, 0.2) is 0 Å². The van der Waals surface area contributed by atoms with Crippen LogP contribution in [-0.4, -0.2) is 25.3 Å². The quantitative estimate of drug-likeness (QED) is 0.729. The van der Waals surface area contributed by atoms with E-state index in [0.29, 0.717) is 12.7 Å². The Labute approximate surface area is 86.4 Å². The molecule has 0 aliphatic heterocycles. The van der Waals surface area contributed by atoms with Crippen molar-refractivity contribution in [2.45, 2.75) is 51.2 Å². The van der Waals surface area contributed by atoms with Gasteiger partial charge in [-0.05, 0) is 19.4 Å². The van der Waals surface area contributed by atoms with Gasteiger partial charge < -0.3 is 10.1 Å². The lowest BCUT2D eigenvalue weighted by molar-refractivity contribution is 0.0228. The summed E-state index contributed by atoms with van der Waals surface area (Å²) in [5, 5.41) is 11.9.